The van der Waals surface area contributed by atoms with Crippen molar-refractivity contribution >= 4 is 23.0 Å². The average molecular weight is 407 g/mol. The number of hydrogen-bond acceptors (Lipinski definition) is 5. The Morgan fingerprint density at radius 2 is 2.00 bits per heavy atom. The Labute approximate surface area is 174 Å². The van der Waals surface area contributed by atoms with Gasteiger partial charge in [0.2, 0.25) is 6.10 Å². The maximum atomic E-state index is 13.0. The molecule has 0 spiro atoms. The van der Waals surface area contributed by atoms with Crippen LogP contribution < -0.4 is 10.9 Å². The Kier molecular flexibility index (Phi) is 5.15. The van der Waals surface area contributed by atoms with E-state index in [0.29, 0.717) is 12.1 Å². The van der Waals surface area contributed by atoms with Gasteiger partial charge in [0.25, 0.3) is 11.5 Å². The van der Waals surface area contributed by atoms with Crippen LogP contribution in [-0.4, -0.2) is 38.8 Å². The van der Waals surface area contributed by atoms with Gasteiger partial charge in [0.1, 0.15) is 5.69 Å². The molecule has 8 heteroatoms. The maximum Gasteiger partial charge on any atom is 0.295 e. The zero-order valence-electron chi connectivity index (χ0n) is 17.5. The first kappa shape index (κ1) is 19.9. The zero-order chi connectivity index (χ0) is 21.4. The molecular formula is C22H25N5O3. The van der Waals surface area contributed by atoms with Crippen LogP contribution in [0.4, 0.5) is 5.69 Å². The zero-order valence-corrected chi connectivity index (χ0v) is 17.5. The van der Waals surface area contributed by atoms with Crippen LogP contribution >= 0.6 is 0 Å². The number of allylic oxidation sites excluding steroid dienone is 1. The van der Waals surface area contributed by atoms with E-state index in [2.05, 4.69) is 28.5 Å². The van der Waals surface area contributed by atoms with Crippen molar-refractivity contribution in [3.05, 3.63) is 58.0 Å². The summed E-state index contributed by atoms with van der Waals surface area (Å²) in [5, 5.41) is 6.87. The molecule has 1 amide bonds. The highest BCUT2D eigenvalue weighted by atomic mass is 16.6. The van der Waals surface area contributed by atoms with E-state index >= 15 is 0 Å². The smallest absolute Gasteiger partial charge is 0.295 e. The molecule has 0 radical (unpaired) electrons. The summed E-state index contributed by atoms with van der Waals surface area (Å²) < 4.78 is 3.25. The van der Waals surface area contributed by atoms with Gasteiger partial charge in [0.15, 0.2) is 0 Å². The van der Waals surface area contributed by atoms with E-state index in [9.17, 15) is 9.59 Å². The lowest BCUT2D eigenvalue weighted by Gasteiger charge is -2.08. The first-order valence-corrected chi connectivity index (χ1v) is 10.0. The second-order valence-corrected chi connectivity index (χ2v) is 7.53. The lowest BCUT2D eigenvalue weighted by atomic mass is 10.0. The summed E-state index contributed by atoms with van der Waals surface area (Å²) in [6.07, 6.45) is 2.55. The molecule has 2 unspecified atom stereocenters. The van der Waals surface area contributed by atoms with Crippen LogP contribution in [-0.2, 0) is 16.7 Å². The van der Waals surface area contributed by atoms with Gasteiger partial charge in [-0.1, -0.05) is 30.3 Å². The number of anilines is 1. The summed E-state index contributed by atoms with van der Waals surface area (Å²) in [5.74, 6) is -0.389. The van der Waals surface area contributed by atoms with Gasteiger partial charge in [-0.15, -0.1) is 0 Å². The van der Waals surface area contributed by atoms with Crippen molar-refractivity contribution in [2.45, 2.75) is 45.8 Å². The Bertz CT molecular complexity index is 1140. The van der Waals surface area contributed by atoms with Crippen LogP contribution in [0.1, 0.15) is 32.4 Å². The number of oxime groups is 1. The van der Waals surface area contributed by atoms with Crippen molar-refractivity contribution in [2.75, 3.05) is 5.32 Å². The third kappa shape index (κ3) is 3.38. The first-order valence-electron chi connectivity index (χ1n) is 10.0. The summed E-state index contributed by atoms with van der Waals surface area (Å²) in [6, 6.07) is 9.44. The number of hydrogen-bond donors (Lipinski definition) is 1. The molecule has 0 saturated heterocycles. The minimum Gasteiger partial charge on any atom is -0.382 e. The molecule has 2 aliphatic rings. The van der Waals surface area contributed by atoms with E-state index in [0.717, 1.165) is 29.1 Å². The van der Waals surface area contributed by atoms with Crippen molar-refractivity contribution < 1.29 is 9.63 Å². The monoisotopic (exact) mass is 407 g/mol. The van der Waals surface area contributed by atoms with Gasteiger partial charge in [-0.3, -0.25) is 19.3 Å². The molecule has 156 valence electrons. The van der Waals surface area contributed by atoms with Crippen molar-refractivity contribution in [1.29, 1.82) is 0 Å². The van der Waals surface area contributed by atoms with Crippen molar-refractivity contribution in [3.63, 3.8) is 0 Å². The molecule has 2 atom stereocenters. The topological polar surface area (TPSA) is 90.0 Å². The molecule has 0 saturated carbocycles. The third-order valence-corrected chi connectivity index (χ3v) is 5.60. The Morgan fingerprint density at radius 1 is 1.27 bits per heavy atom. The first-order chi connectivity index (χ1) is 14.4. The number of para-hydroxylation sites is 1. The van der Waals surface area contributed by atoms with Crippen molar-refractivity contribution in [1.82, 2.24) is 9.36 Å². The van der Waals surface area contributed by atoms with E-state index in [4.69, 9.17) is 4.84 Å². The van der Waals surface area contributed by atoms with E-state index in [1.807, 2.05) is 37.3 Å². The van der Waals surface area contributed by atoms with E-state index in [1.165, 1.54) is 4.68 Å². The molecule has 1 N–H and O–H groups in total. The molecule has 0 aliphatic carbocycles. The molecule has 4 rings (SSSR count). The molecule has 2 aliphatic heterocycles. The van der Waals surface area contributed by atoms with Gasteiger partial charge in [-0.25, -0.2) is 4.68 Å². The standard InChI is InChI=1S/C22H25N5O3/c1-5-15-11-17(13(2)23-15)18-12-19(30-25-18)21(28)24-20-14(3)26(4)27(22(20)29)16-9-7-6-8-10-16/h6-11,15,19H,5,12H2,1-4H3,(H,24,28). The maximum absolute atomic E-state index is 13.0. The van der Waals surface area contributed by atoms with Crippen LogP contribution in [0.5, 0.6) is 0 Å². The Hall–Kier alpha value is -3.42. The number of nitrogens with one attached hydrogen (secondary N) is 1. The number of aliphatic imine (C=N–C) groups is 1. The van der Waals surface area contributed by atoms with Crippen LogP contribution in [0, 0.1) is 6.92 Å². The molecular weight excluding hydrogens is 382 g/mol. The fourth-order valence-corrected chi connectivity index (χ4v) is 3.78. The SMILES string of the molecule is CCC1C=C(C2=NOC(C(=O)Nc3c(C)n(C)n(-c4ccccc4)c3=O)C2)C(C)=N1. The molecule has 3 heterocycles. The minimum atomic E-state index is -0.779. The van der Waals surface area contributed by atoms with Crippen LogP contribution in [0.15, 0.2) is 56.9 Å². The molecule has 1 aromatic carbocycles. The predicted octanol–water partition coefficient (Wildman–Crippen LogP) is 2.75. The average Bonchev–Trinajstić information content (AvgIpc) is 3.42. The number of carbonyl (C=O) groups is 1. The highest BCUT2D eigenvalue weighted by Gasteiger charge is 2.33. The van der Waals surface area contributed by atoms with Crippen LogP contribution in [0.3, 0.4) is 0 Å². The number of aromatic nitrogens is 2. The van der Waals surface area contributed by atoms with Crippen molar-refractivity contribution in [3.8, 4) is 5.69 Å². The lowest BCUT2D eigenvalue weighted by Crippen LogP contribution is -2.31. The normalized spacial score (nSPS) is 20.5. The molecule has 0 bridgehead atoms. The minimum absolute atomic E-state index is 0.152. The third-order valence-electron chi connectivity index (χ3n) is 5.60. The van der Waals surface area contributed by atoms with Gasteiger partial charge < -0.3 is 10.2 Å². The van der Waals surface area contributed by atoms with Gasteiger partial charge >= 0.3 is 0 Å². The Balaban J connectivity index is 1.51. The highest BCUT2D eigenvalue weighted by Crippen LogP contribution is 2.24. The molecule has 30 heavy (non-hydrogen) atoms. The highest BCUT2D eigenvalue weighted by molar-refractivity contribution is 6.25. The summed E-state index contributed by atoms with van der Waals surface area (Å²) in [6.45, 7) is 5.81. The van der Waals surface area contributed by atoms with E-state index in [1.54, 1.807) is 18.7 Å². The fraction of sp³-hybridized carbons (Fsp3) is 0.364. The molecule has 8 nitrogen and oxygen atoms in total. The molecule has 2 aromatic rings. The largest absolute Gasteiger partial charge is 0.382 e. The number of amides is 1. The number of nitrogens with zero attached hydrogens (tertiary/aromatic N) is 4. The number of rotatable bonds is 5. The van der Waals surface area contributed by atoms with Gasteiger partial charge in [-0.2, -0.15) is 0 Å². The fourth-order valence-electron chi connectivity index (χ4n) is 3.78. The van der Waals surface area contributed by atoms with E-state index < -0.39 is 6.10 Å². The molecule has 0 fully saturated rings. The predicted molar refractivity (Wildman–Crippen MR) is 117 cm³/mol. The van der Waals surface area contributed by atoms with Crippen LogP contribution in [0.2, 0.25) is 0 Å². The molecule has 1 aromatic heterocycles. The van der Waals surface area contributed by atoms with Crippen molar-refractivity contribution in [2.24, 2.45) is 17.2 Å². The Morgan fingerprint density at radius 3 is 2.67 bits per heavy atom. The van der Waals surface area contributed by atoms with Gasteiger partial charge in [-0.05, 0) is 38.5 Å². The summed E-state index contributed by atoms with van der Waals surface area (Å²) in [5.41, 5.74) is 3.91. The van der Waals surface area contributed by atoms with Gasteiger partial charge in [0, 0.05) is 24.8 Å². The summed E-state index contributed by atoms with van der Waals surface area (Å²) in [4.78, 5) is 35.8. The summed E-state index contributed by atoms with van der Waals surface area (Å²) >= 11 is 0. The number of carbonyl (C=O) groups excluding carboxylic acids is 1. The lowest BCUT2D eigenvalue weighted by molar-refractivity contribution is -0.125. The second-order valence-electron chi connectivity index (χ2n) is 7.53. The summed E-state index contributed by atoms with van der Waals surface area (Å²) in [7, 11) is 1.78. The van der Waals surface area contributed by atoms with E-state index in [-0.39, 0.29) is 23.2 Å². The second kappa shape index (κ2) is 7.78. The number of benzene rings is 1. The van der Waals surface area contributed by atoms with Crippen LogP contribution in [0.25, 0.3) is 5.69 Å². The van der Waals surface area contributed by atoms with Gasteiger partial charge in [0.05, 0.1) is 23.1 Å². The quantitative estimate of drug-likeness (QED) is 0.826.